The first kappa shape index (κ1) is 20.8. The van der Waals surface area contributed by atoms with Crippen LogP contribution in [0.4, 0.5) is 22.0 Å². The lowest BCUT2D eigenvalue weighted by molar-refractivity contribution is 0.103. The van der Waals surface area contributed by atoms with Gasteiger partial charge in [-0.1, -0.05) is 0 Å². The highest BCUT2D eigenvalue weighted by Crippen LogP contribution is 2.29. The Kier molecular flexibility index (Phi) is 8.07. The van der Waals surface area contributed by atoms with E-state index >= 15 is 0 Å². The summed E-state index contributed by atoms with van der Waals surface area (Å²) in [6, 6.07) is 0.425. The van der Waals surface area contributed by atoms with Gasteiger partial charge in [0.15, 0.2) is 5.75 Å². The Balaban J connectivity index is 2.60. The predicted octanol–water partition coefficient (Wildman–Crippen LogP) is 3.81. The molecule has 4 nitrogen and oxygen atoms in total. The van der Waals surface area contributed by atoms with Gasteiger partial charge in [0.25, 0.3) is 0 Å². The summed E-state index contributed by atoms with van der Waals surface area (Å²) >= 11 is 0. The first-order chi connectivity index (χ1) is 11.3. The van der Waals surface area contributed by atoms with Crippen molar-refractivity contribution in [3.05, 3.63) is 29.1 Å². The third-order valence-corrected chi connectivity index (χ3v) is 6.22. The minimum absolute atomic E-state index is 0.234. The average molecular weight is 374 g/mol. The second-order valence-electron chi connectivity index (χ2n) is 4.73. The van der Waals surface area contributed by atoms with E-state index in [9.17, 15) is 22.0 Å². The van der Waals surface area contributed by atoms with Crippen LogP contribution in [0, 0.1) is 29.1 Å². The van der Waals surface area contributed by atoms with E-state index in [0.717, 1.165) is 0 Å². The summed E-state index contributed by atoms with van der Waals surface area (Å²) in [5.74, 6) is -11.5. The van der Waals surface area contributed by atoms with E-state index in [1.807, 2.05) is 0 Å². The number of rotatable bonds is 10. The lowest BCUT2D eigenvalue weighted by Gasteiger charge is -2.25. The molecule has 0 atom stereocenters. The Morgan fingerprint density at radius 1 is 0.792 bits per heavy atom. The molecule has 1 aromatic rings. The van der Waals surface area contributed by atoms with Crippen molar-refractivity contribution >= 4 is 8.80 Å². The molecular formula is C14H19F5O4Si. The average Bonchev–Trinajstić information content (AvgIpc) is 2.59. The highest BCUT2D eigenvalue weighted by Gasteiger charge is 2.37. The minimum atomic E-state index is -2.79. The summed E-state index contributed by atoms with van der Waals surface area (Å²) in [6.07, 6.45) is 0.747. The van der Waals surface area contributed by atoms with E-state index in [1.165, 1.54) is 14.2 Å². The highest BCUT2D eigenvalue weighted by atomic mass is 28.4. The van der Waals surface area contributed by atoms with Crippen LogP contribution in [0.1, 0.15) is 19.8 Å². The number of hydrogen-bond donors (Lipinski definition) is 0. The smallest absolute Gasteiger partial charge is 0.487 e. The standard InChI is InChI=1S/C14H19F5O4Si/c1-4-23-24(20-2,21-3)8-6-5-7-22-14-12(18)10(16)9(15)11(17)13(14)19/h4-8H2,1-3H3. The van der Waals surface area contributed by atoms with Crippen LogP contribution in [0.25, 0.3) is 0 Å². The fourth-order valence-corrected chi connectivity index (χ4v) is 4.10. The molecule has 1 rings (SSSR count). The van der Waals surface area contributed by atoms with Gasteiger partial charge in [0.2, 0.25) is 29.1 Å². The lowest BCUT2D eigenvalue weighted by Crippen LogP contribution is -2.43. The third-order valence-electron chi connectivity index (χ3n) is 3.28. The topological polar surface area (TPSA) is 36.9 Å². The van der Waals surface area contributed by atoms with Crippen molar-refractivity contribution in [1.82, 2.24) is 0 Å². The molecule has 0 spiro atoms. The summed E-state index contributed by atoms with van der Waals surface area (Å²) in [5, 5.41) is 0. The van der Waals surface area contributed by atoms with Gasteiger partial charge in [-0.15, -0.1) is 0 Å². The lowest BCUT2D eigenvalue weighted by atomic mass is 10.2. The summed E-state index contributed by atoms with van der Waals surface area (Å²) in [6.45, 7) is 1.95. The van der Waals surface area contributed by atoms with Crippen LogP contribution >= 0.6 is 0 Å². The van der Waals surface area contributed by atoms with Crippen molar-refractivity contribution in [2.75, 3.05) is 27.4 Å². The molecule has 0 aliphatic heterocycles. The van der Waals surface area contributed by atoms with Crippen LogP contribution < -0.4 is 4.74 Å². The first-order valence-corrected chi connectivity index (χ1v) is 9.15. The van der Waals surface area contributed by atoms with E-state index in [4.69, 9.17) is 18.0 Å². The second-order valence-corrected chi connectivity index (χ2v) is 7.70. The molecule has 0 aliphatic carbocycles. The fourth-order valence-electron chi connectivity index (χ4n) is 2.03. The Hall–Kier alpha value is -1.23. The molecule has 0 unspecified atom stereocenters. The second kappa shape index (κ2) is 9.30. The van der Waals surface area contributed by atoms with E-state index in [2.05, 4.69) is 0 Å². The summed E-state index contributed by atoms with van der Waals surface area (Å²) in [7, 11) is 0.117. The number of halogens is 5. The van der Waals surface area contributed by atoms with Gasteiger partial charge >= 0.3 is 8.80 Å². The molecule has 0 heterocycles. The Morgan fingerprint density at radius 3 is 1.75 bits per heavy atom. The van der Waals surface area contributed by atoms with Crippen LogP contribution in [0.5, 0.6) is 5.75 Å². The maximum atomic E-state index is 13.4. The van der Waals surface area contributed by atoms with E-state index in [0.29, 0.717) is 19.1 Å². The van der Waals surface area contributed by atoms with E-state index in [-0.39, 0.29) is 13.0 Å². The van der Waals surface area contributed by atoms with Gasteiger partial charge in [0, 0.05) is 26.9 Å². The largest absolute Gasteiger partial charge is 0.500 e. The van der Waals surface area contributed by atoms with Crippen molar-refractivity contribution in [3.63, 3.8) is 0 Å². The van der Waals surface area contributed by atoms with E-state index in [1.54, 1.807) is 6.92 Å². The zero-order chi connectivity index (χ0) is 18.3. The van der Waals surface area contributed by atoms with Gasteiger partial charge in [-0.05, 0) is 19.8 Å². The van der Waals surface area contributed by atoms with Crippen LogP contribution in [-0.2, 0) is 13.3 Å². The molecule has 1 aromatic carbocycles. The SMILES string of the molecule is CCO[Si](CCCCOc1c(F)c(F)c(F)c(F)c1F)(OC)OC. The van der Waals surface area contributed by atoms with Crippen molar-refractivity contribution in [3.8, 4) is 5.75 Å². The molecule has 24 heavy (non-hydrogen) atoms. The van der Waals surface area contributed by atoms with Gasteiger partial charge in [0.1, 0.15) is 0 Å². The summed E-state index contributed by atoms with van der Waals surface area (Å²) in [5.41, 5.74) is 0. The predicted molar refractivity (Wildman–Crippen MR) is 77.2 cm³/mol. The molecule has 0 fully saturated rings. The van der Waals surface area contributed by atoms with Gasteiger partial charge < -0.3 is 18.0 Å². The Morgan fingerprint density at radius 2 is 1.29 bits per heavy atom. The molecule has 0 aromatic heterocycles. The van der Waals surface area contributed by atoms with E-state index < -0.39 is 43.6 Å². The zero-order valence-corrected chi connectivity index (χ0v) is 14.6. The van der Waals surface area contributed by atoms with Crippen LogP contribution in [-0.4, -0.2) is 36.2 Å². The fraction of sp³-hybridized carbons (Fsp3) is 0.571. The minimum Gasteiger partial charge on any atom is -0.487 e. The van der Waals surface area contributed by atoms with Crippen molar-refractivity contribution in [2.24, 2.45) is 0 Å². The molecule has 0 aliphatic rings. The van der Waals surface area contributed by atoms with Gasteiger partial charge in [-0.3, -0.25) is 0 Å². The molecule has 0 saturated carbocycles. The first-order valence-electron chi connectivity index (χ1n) is 7.22. The summed E-state index contributed by atoms with van der Waals surface area (Å²) in [4.78, 5) is 0. The third kappa shape index (κ3) is 4.65. The van der Waals surface area contributed by atoms with Gasteiger partial charge in [-0.25, -0.2) is 13.2 Å². The highest BCUT2D eigenvalue weighted by molar-refractivity contribution is 6.60. The number of unbranched alkanes of at least 4 members (excludes halogenated alkanes) is 1. The van der Waals surface area contributed by atoms with Crippen LogP contribution in [0.3, 0.4) is 0 Å². The van der Waals surface area contributed by atoms with Crippen molar-refractivity contribution in [1.29, 1.82) is 0 Å². The molecule has 138 valence electrons. The Labute approximate surface area is 137 Å². The normalized spacial score (nSPS) is 11.8. The molecule has 0 radical (unpaired) electrons. The monoisotopic (exact) mass is 374 g/mol. The number of ether oxygens (including phenoxy) is 1. The molecule has 10 heteroatoms. The maximum absolute atomic E-state index is 13.4. The van der Waals surface area contributed by atoms with Crippen molar-refractivity contribution < 1.29 is 40.0 Å². The number of benzene rings is 1. The van der Waals surface area contributed by atoms with Crippen LogP contribution in [0.15, 0.2) is 0 Å². The molecular weight excluding hydrogens is 355 g/mol. The molecule has 0 amide bonds. The van der Waals surface area contributed by atoms with Crippen molar-refractivity contribution in [2.45, 2.75) is 25.8 Å². The molecule has 0 bridgehead atoms. The molecule has 0 saturated heterocycles. The quantitative estimate of drug-likeness (QED) is 0.205. The Bertz CT molecular complexity index is 525. The zero-order valence-electron chi connectivity index (χ0n) is 13.6. The number of hydrogen-bond acceptors (Lipinski definition) is 4. The maximum Gasteiger partial charge on any atom is 0.500 e. The molecule has 0 N–H and O–H groups in total. The van der Waals surface area contributed by atoms with Crippen LogP contribution in [0.2, 0.25) is 6.04 Å². The van der Waals surface area contributed by atoms with Gasteiger partial charge in [-0.2, -0.15) is 8.78 Å². The van der Waals surface area contributed by atoms with Gasteiger partial charge in [0.05, 0.1) is 6.61 Å². The summed E-state index contributed by atoms with van der Waals surface area (Å²) < 4.78 is 86.5.